The van der Waals surface area contributed by atoms with Crippen LogP contribution in [0.5, 0.6) is 0 Å². The highest BCUT2D eigenvalue weighted by Crippen LogP contribution is 2.34. The molecule has 0 aliphatic heterocycles. The predicted molar refractivity (Wildman–Crippen MR) is 98.8 cm³/mol. The molecular weight excluding hydrogens is 382 g/mol. The highest BCUT2D eigenvalue weighted by atomic mass is 35.5. The Morgan fingerprint density at radius 1 is 1.15 bits per heavy atom. The zero-order valence-electron chi connectivity index (χ0n) is 13.5. The summed E-state index contributed by atoms with van der Waals surface area (Å²) < 4.78 is 13.2. The van der Waals surface area contributed by atoms with E-state index in [2.05, 4.69) is 0 Å². The number of hydrogen-bond acceptors (Lipinski definition) is 3. The number of Topliss-reactive ketones (excluding diaryl/α,β-unsaturated/α-hetero) is 1. The Bertz CT molecular complexity index is 847. The van der Waals surface area contributed by atoms with Gasteiger partial charge in [0.05, 0.1) is 6.10 Å². The summed E-state index contributed by atoms with van der Waals surface area (Å²) in [6, 6.07) is 8.93. The maximum absolute atomic E-state index is 13.2. The van der Waals surface area contributed by atoms with Crippen LogP contribution in [-0.4, -0.2) is 28.1 Å². The molecule has 0 spiro atoms. The fourth-order valence-electron chi connectivity index (χ4n) is 2.37. The van der Waals surface area contributed by atoms with Gasteiger partial charge < -0.3 is 10.2 Å². The van der Waals surface area contributed by atoms with Gasteiger partial charge in [-0.2, -0.15) is 0 Å². The summed E-state index contributed by atoms with van der Waals surface area (Å²) in [5.74, 6) is -2.22. The van der Waals surface area contributed by atoms with Crippen LogP contribution in [0.4, 0.5) is 4.39 Å². The predicted octanol–water partition coefficient (Wildman–Crippen LogP) is 4.61. The Morgan fingerprint density at radius 3 is 2.42 bits per heavy atom. The lowest BCUT2D eigenvalue weighted by molar-refractivity contribution is -0.140. The van der Waals surface area contributed by atoms with Crippen LogP contribution in [-0.2, 0) is 9.59 Å². The van der Waals surface area contributed by atoms with Gasteiger partial charge in [-0.3, -0.25) is 9.59 Å². The molecule has 1 unspecified atom stereocenters. The van der Waals surface area contributed by atoms with Crippen LogP contribution in [0, 0.1) is 5.82 Å². The normalized spacial score (nSPS) is 12.3. The van der Waals surface area contributed by atoms with Crippen LogP contribution < -0.4 is 0 Å². The number of carboxylic acid groups (broad SMARTS) is 1. The molecule has 4 nitrogen and oxygen atoms in total. The number of aliphatic hydroxyl groups is 1. The van der Waals surface area contributed by atoms with Gasteiger partial charge >= 0.3 is 5.97 Å². The van der Waals surface area contributed by atoms with Crippen molar-refractivity contribution < 1.29 is 24.2 Å². The van der Waals surface area contributed by atoms with Crippen molar-refractivity contribution in [3.63, 3.8) is 0 Å². The molecule has 0 saturated heterocycles. The van der Waals surface area contributed by atoms with Crippen molar-refractivity contribution in [3.8, 4) is 11.1 Å². The second kappa shape index (κ2) is 8.94. The van der Waals surface area contributed by atoms with Gasteiger partial charge in [-0.1, -0.05) is 47.5 Å². The van der Waals surface area contributed by atoms with Gasteiger partial charge in [0.1, 0.15) is 18.0 Å². The smallest absolute Gasteiger partial charge is 0.310 e. The first-order valence-electron chi connectivity index (χ1n) is 7.61. The Labute approximate surface area is 159 Å². The largest absolute Gasteiger partial charge is 0.481 e. The van der Waals surface area contributed by atoms with Crippen LogP contribution in [0.25, 0.3) is 17.2 Å². The zero-order chi connectivity index (χ0) is 19.3. The lowest BCUT2D eigenvalue weighted by Gasteiger charge is -2.11. The SMILES string of the molecule is O=C(O)CC(=O)CC(O)/C=C/c1c(Cl)cc(Cl)cc1-c1ccc(F)cc1. The molecule has 2 rings (SSSR count). The molecule has 0 heterocycles. The number of carbonyl (C=O) groups excluding carboxylic acids is 1. The molecule has 0 aromatic heterocycles. The number of rotatable bonds is 7. The maximum Gasteiger partial charge on any atom is 0.310 e. The molecule has 2 aromatic carbocycles. The molecule has 7 heteroatoms. The lowest BCUT2D eigenvalue weighted by Crippen LogP contribution is -2.14. The number of benzene rings is 2. The number of carbonyl (C=O) groups is 2. The van der Waals surface area contributed by atoms with Crippen LogP contribution >= 0.6 is 23.2 Å². The Balaban J connectivity index is 2.29. The summed E-state index contributed by atoms with van der Waals surface area (Å²) >= 11 is 12.3. The molecular formula is C19H15Cl2FO4. The standard InChI is InChI=1S/C19H15Cl2FO4/c20-12-7-17(11-1-3-13(22)4-2-11)16(18(21)8-12)6-5-14(23)9-15(24)10-19(25)26/h1-8,14,23H,9-10H2,(H,25,26)/b6-5+. The molecule has 2 aromatic rings. The molecule has 0 fully saturated rings. The highest BCUT2D eigenvalue weighted by molar-refractivity contribution is 6.36. The molecule has 0 bridgehead atoms. The van der Waals surface area contributed by atoms with E-state index in [1.54, 1.807) is 18.2 Å². The van der Waals surface area contributed by atoms with Gasteiger partial charge in [0.25, 0.3) is 0 Å². The molecule has 136 valence electrons. The molecule has 0 aliphatic carbocycles. The van der Waals surface area contributed by atoms with Crippen molar-refractivity contribution in [1.29, 1.82) is 0 Å². The topological polar surface area (TPSA) is 74.6 Å². The van der Waals surface area contributed by atoms with E-state index in [1.807, 2.05) is 0 Å². The average Bonchev–Trinajstić information content (AvgIpc) is 2.53. The zero-order valence-corrected chi connectivity index (χ0v) is 15.0. The molecule has 1 atom stereocenters. The molecule has 0 radical (unpaired) electrons. The third-order valence-corrected chi connectivity index (χ3v) is 4.05. The number of carboxylic acids is 1. The second-order valence-electron chi connectivity index (χ2n) is 5.60. The number of ketones is 1. The van der Waals surface area contributed by atoms with Gasteiger partial charge in [-0.15, -0.1) is 0 Å². The Morgan fingerprint density at radius 2 is 1.81 bits per heavy atom. The summed E-state index contributed by atoms with van der Waals surface area (Å²) in [7, 11) is 0. The minimum Gasteiger partial charge on any atom is -0.481 e. The summed E-state index contributed by atoms with van der Waals surface area (Å²) in [5, 5.41) is 19.2. The van der Waals surface area contributed by atoms with Crippen LogP contribution in [0.2, 0.25) is 10.0 Å². The quantitative estimate of drug-likeness (QED) is 0.670. The first kappa shape index (κ1) is 20.1. The third kappa shape index (κ3) is 5.66. The van der Waals surface area contributed by atoms with Crippen molar-refractivity contribution in [2.75, 3.05) is 0 Å². The summed E-state index contributed by atoms with van der Waals surface area (Å²) in [5.41, 5.74) is 1.84. The van der Waals surface area contributed by atoms with E-state index in [0.717, 1.165) is 0 Å². The molecule has 0 amide bonds. The lowest BCUT2D eigenvalue weighted by atomic mass is 9.98. The fraction of sp³-hybridized carbons (Fsp3) is 0.158. The van der Waals surface area contributed by atoms with Crippen LogP contribution in [0.15, 0.2) is 42.5 Å². The fourth-order valence-corrected chi connectivity index (χ4v) is 2.93. The van der Waals surface area contributed by atoms with Gasteiger partial charge in [0, 0.05) is 22.0 Å². The van der Waals surface area contributed by atoms with E-state index < -0.39 is 24.3 Å². The molecule has 26 heavy (non-hydrogen) atoms. The minimum absolute atomic E-state index is 0.317. The van der Waals surface area contributed by atoms with Crippen molar-refractivity contribution in [2.45, 2.75) is 18.9 Å². The van der Waals surface area contributed by atoms with Gasteiger partial charge in [-0.05, 0) is 35.4 Å². The Hall–Kier alpha value is -2.21. The summed E-state index contributed by atoms with van der Waals surface area (Å²) in [6.45, 7) is 0. The van der Waals surface area contributed by atoms with Gasteiger partial charge in [0.2, 0.25) is 0 Å². The molecule has 0 aliphatic rings. The number of halogens is 3. The maximum atomic E-state index is 13.2. The summed E-state index contributed by atoms with van der Waals surface area (Å²) in [4.78, 5) is 21.9. The van der Waals surface area contributed by atoms with Gasteiger partial charge in [-0.25, -0.2) is 4.39 Å². The average molecular weight is 397 g/mol. The van der Waals surface area contributed by atoms with E-state index in [0.29, 0.717) is 26.7 Å². The van der Waals surface area contributed by atoms with Crippen molar-refractivity contribution in [3.05, 3.63) is 63.9 Å². The van der Waals surface area contributed by atoms with E-state index in [4.69, 9.17) is 28.3 Å². The first-order valence-corrected chi connectivity index (χ1v) is 8.36. The van der Waals surface area contributed by atoms with E-state index in [9.17, 15) is 19.1 Å². The highest BCUT2D eigenvalue weighted by Gasteiger charge is 2.13. The molecule has 2 N–H and O–H groups in total. The monoisotopic (exact) mass is 396 g/mol. The number of aliphatic hydroxyl groups excluding tert-OH is 1. The number of hydrogen-bond donors (Lipinski definition) is 2. The van der Waals surface area contributed by atoms with E-state index >= 15 is 0 Å². The minimum atomic E-state index is -1.24. The van der Waals surface area contributed by atoms with Gasteiger partial charge in [0.15, 0.2) is 0 Å². The van der Waals surface area contributed by atoms with Crippen molar-refractivity contribution in [2.24, 2.45) is 0 Å². The Kier molecular flexibility index (Phi) is 6.91. The van der Waals surface area contributed by atoms with Crippen LogP contribution in [0.3, 0.4) is 0 Å². The van der Waals surface area contributed by atoms with E-state index in [-0.39, 0.29) is 12.2 Å². The second-order valence-corrected chi connectivity index (χ2v) is 6.44. The third-order valence-electron chi connectivity index (χ3n) is 3.52. The first-order chi connectivity index (χ1) is 12.3. The van der Waals surface area contributed by atoms with Crippen molar-refractivity contribution in [1.82, 2.24) is 0 Å². The van der Waals surface area contributed by atoms with Crippen molar-refractivity contribution >= 4 is 41.0 Å². The summed E-state index contributed by atoms with van der Waals surface area (Å²) in [6.07, 6.45) is 0.750. The van der Waals surface area contributed by atoms with Crippen LogP contribution in [0.1, 0.15) is 18.4 Å². The number of aliphatic carboxylic acids is 1. The molecule has 0 saturated carbocycles. The van der Waals surface area contributed by atoms with E-state index in [1.165, 1.54) is 30.4 Å².